The number of nitrogens with one attached hydrogen (secondary N) is 2. The number of aliphatic hydroxyl groups is 1. The molecular weight excluding hydrogens is 423 g/mol. The fourth-order valence-electron chi connectivity index (χ4n) is 2.63. The molecule has 32 heavy (non-hydrogen) atoms. The van der Waals surface area contributed by atoms with Gasteiger partial charge < -0.3 is 15.7 Å². The van der Waals surface area contributed by atoms with Crippen molar-refractivity contribution in [2.75, 3.05) is 15.5 Å². The van der Waals surface area contributed by atoms with Gasteiger partial charge in [-0.2, -0.15) is 4.98 Å². The van der Waals surface area contributed by atoms with Crippen LogP contribution in [0.25, 0.3) is 0 Å². The number of benzene rings is 2. The SMILES string of the molecule is C[C@H](Nc1nccc(N(C(=O)Nc2cc(F)c(F)cc2F)c2ccccc2)n1)C(C)(C)O. The van der Waals surface area contributed by atoms with Crippen LogP contribution in [0, 0.1) is 17.5 Å². The number of nitrogens with zero attached hydrogens (tertiary/aromatic N) is 3. The van der Waals surface area contributed by atoms with Crippen LogP contribution in [0.5, 0.6) is 0 Å². The summed E-state index contributed by atoms with van der Waals surface area (Å²) in [6.07, 6.45) is 1.41. The van der Waals surface area contributed by atoms with E-state index in [2.05, 4.69) is 20.6 Å². The van der Waals surface area contributed by atoms with Gasteiger partial charge in [-0.15, -0.1) is 0 Å². The maximum atomic E-state index is 14.1. The number of hydrogen-bond acceptors (Lipinski definition) is 5. The van der Waals surface area contributed by atoms with Crippen LogP contribution < -0.4 is 15.5 Å². The highest BCUT2D eigenvalue weighted by Crippen LogP contribution is 2.27. The van der Waals surface area contributed by atoms with Gasteiger partial charge in [-0.05, 0) is 32.9 Å². The molecule has 7 nitrogen and oxygen atoms in total. The maximum absolute atomic E-state index is 14.1. The van der Waals surface area contributed by atoms with Crippen LogP contribution in [0.1, 0.15) is 20.8 Å². The zero-order chi connectivity index (χ0) is 23.5. The number of anilines is 4. The Morgan fingerprint density at radius 2 is 1.72 bits per heavy atom. The van der Waals surface area contributed by atoms with Gasteiger partial charge in [0.25, 0.3) is 0 Å². The lowest BCUT2D eigenvalue weighted by Gasteiger charge is -2.27. The van der Waals surface area contributed by atoms with E-state index >= 15 is 0 Å². The Kier molecular flexibility index (Phi) is 6.64. The normalized spacial score (nSPS) is 12.2. The molecule has 168 valence electrons. The molecule has 0 saturated carbocycles. The van der Waals surface area contributed by atoms with Crippen LogP contribution in [0.15, 0.2) is 54.7 Å². The highest BCUT2D eigenvalue weighted by atomic mass is 19.2. The fraction of sp³-hybridized carbons (Fsp3) is 0.227. The molecule has 2 aromatic carbocycles. The molecule has 1 heterocycles. The van der Waals surface area contributed by atoms with Crippen molar-refractivity contribution in [1.29, 1.82) is 0 Å². The van der Waals surface area contributed by atoms with Crippen LogP contribution >= 0.6 is 0 Å². The first-order valence-electron chi connectivity index (χ1n) is 9.69. The smallest absolute Gasteiger partial charge is 0.332 e. The molecule has 0 aliphatic heterocycles. The summed E-state index contributed by atoms with van der Waals surface area (Å²) in [7, 11) is 0. The van der Waals surface area contributed by atoms with Crippen molar-refractivity contribution in [3.63, 3.8) is 0 Å². The van der Waals surface area contributed by atoms with E-state index in [1.165, 1.54) is 12.3 Å². The Hall–Kier alpha value is -3.66. The van der Waals surface area contributed by atoms with Crippen LogP contribution in [0.2, 0.25) is 0 Å². The second kappa shape index (κ2) is 9.23. The van der Waals surface area contributed by atoms with E-state index in [-0.39, 0.29) is 11.8 Å². The lowest BCUT2D eigenvalue weighted by atomic mass is 10.0. The van der Waals surface area contributed by atoms with Gasteiger partial charge in [-0.1, -0.05) is 18.2 Å². The molecule has 10 heteroatoms. The van der Waals surface area contributed by atoms with E-state index in [0.717, 1.165) is 4.90 Å². The molecule has 3 N–H and O–H groups in total. The fourth-order valence-corrected chi connectivity index (χ4v) is 2.63. The number of rotatable bonds is 6. The predicted molar refractivity (Wildman–Crippen MR) is 115 cm³/mol. The average Bonchev–Trinajstić information content (AvgIpc) is 2.72. The summed E-state index contributed by atoms with van der Waals surface area (Å²) < 4.78 is 40.9. The summed E-state index contributed by atoms with van der Waals surface area (Å²) in [5.74, 6) is -3.54. The number of urea groups is 1. The van der Waals surface area contributed by atoms with Crippen molar-refractivity contribution >= 4 is 29.2 Å². The van der Waals surface area contributed by atoms with E-state index in [1.54, 1.807) is 51.1 Å². The minimum absolute atomic E-state index is 0.122. The Bertz CT molecular complexity index is 1110. The number of para-hydroxylation sites is 1. The third-order valence-corrected chi connectivity index (χ3v) is 4.74. The number of halogens is 3. The third kappa shape index (κ3) is 5.33. The lowest BCUT2D eigenvalue weighted by molar-refractivity contribution is 0.0646. The Labute approximate surface area is 182 Å². The number of hydrogen-bond donors (Lipinski definition) is 3. The first kappa shape index (κ1) is 23.0. The van der Waals surface area contributed by atoms with Gasteiger partial charge >= 0.3 is 6.03 Å². The summed E-state index contributed by atoms with van der Waals surface area (Å²) in [5, 5.41) is 15.3. The van der Waals surface area contributed by atoms with Crippen LogP contribution in [0.3, 0.4) is 0 Å². The van der Waals surface area contributed by atoms with Crippen molar-refractivity contribution in [1.82, 2.24) is 9.97 Å². The van der Waals surface area contributed by atoms with Crippen molar-refractivity contribution in [3.8, 4) is 0 Å². The van der Waals surface area contributed by atoms with Gasteiger partial charge in [0.2, 0.25) is 5.95 Å². The Balaban J connectivity index is 1.97. The molecule has 0 radical (unpaired) electrons. The quantitative estimate of drug-likeness (QED) is 0.473. The van der Waals surface area contributed by atoms with Crippen molar-refractivity contribution in [3.05, 3.63) is 72.2 Å². The second-order valence-electron chi connectivity index (χ2n) is 7.61. The highest BCUT2D eigenvalue weighted by Gasteiger charge is 2.25. The highest BCUT2D eigenvalue weighted by molar-refractivity contribution is 6.06. The standard InChI is InChI=1S/C22H22F3N5O2/c1-13(22(2,3)32)27-20-26-10-9-19(29-20)30(14-7-5-4-6-8-14)21(31)28-18-12-16(24)15(23)11-17(18)25/h4-13,32H,1-3H3,(H,28,31)(H,26,27,29)/t13-/m0/s1. The molecule has 0 saturated heterocycles. The minimum atomic E-state index is -1.37. The molecule has 0 bridgehead atoms. The maximum Gasteiger partial charge on any atom is 0.332 e. The topological polar surface area (TPSA) is 90.4 Å². The summed E-state index contributed by atoms with van der Waals surface area (Å²) >= 11 is 0. The Morgan fingerprint density at radius 3 is 2.38 bits per heavy atom. The van der Waals surface area contributed by atoms with Gasteiger partial charge in [-0.25, -0.2) is 27.8 Å². The van der Waals surface area contributed by atoms with E-state index in [0.29, 0.717) is 17.8 Å². The summed E-state index contributed by atoms with van der Waals surface area (Å²) in [6, 6.07) is 9.43. The second-order valence-corrected chi connectivity index (χ2v) is 7.61. The summed E-state index contributed by atoms with van der Waals surface area (Å²) in [6.45, 7) is 4.98. The molecule has 0 aliphatic carbocycles. The summed E-state index contributed by atoms with van der Waals surface area (Å²) in [5.41, 5.74) is -1.22. The average molecular weight is 445 g/mol. The van der Waals surface area contributed by atoms with Gasteiger partial charge in [0.15, 0.2) is 11.6 Å². The van der Waals surface area contributed by atoms with E-state index in [1.807, 2.05) is 0 Å². The zero-order valence-corrected chi connectivity index (χ0v) is 17.6. The first-order chi connectivity index (χ1) is 15.1. The third-order valence-electron chi connectivity index (χ3n) is 4.74. The minimum Gasteiger partial charge on any atom is -0.388 e. The predicted octanol–water partition coefficient (Wildman–Crippen LogP) is 4.84. The first-order valence-corrected chi connectivity index (χ1v) is 9.69. The molecule has 1 atom stereocenters. The molecule has 2 amide bonds. The van der Waals surface area contributed by atoms with E-state index in [4.69, 9.17) is 0 Å². The summed E-state index contributed by atoms with van der Waals surface area (Å²) in [4.78, 5) is 22.6. The molecule has 0 spiro atoms. The van der Waals surface area contributed by atoms with Gasteiger partial charge in [-0.3, -0.25) is 0 Å². The molecule has 1 aromatic heterocycles. The van der Waals surface area contributed by atoms with Crippen molar-refractivity contribution in [2.24, 2.45) is 0 Å². The van der Waals surface area contributed by atoms with E-state index < -0.39 is 40.8 Å². The van der Waals surface area contributed by atoms with Crippen molar-refractivity contribution < 1.29 is 23.1 Å². The Morgan fingerprint density at radius 1 is 1.06 bits per heavy atom. The largest absolute Gasteiger partial charge is 0.388 e. The number of carbonyl (C=O) groups excluding carboxylic acids is 1. The number of carbonyl (C=O) groups is 1. The lowest BCUT2D eigenvalue weighted by Crippen LogP contribution is -2.40. The number of amides is 2. The molecule has 0 unspecified atom stereocenters. The molecular formula is C22H22F3N5O2. The van der Waals surface area contributed by atoms with Crippen LogP contribution in [-0.4, -0.2) is 32.7 Å². The monoisotopic (exact) mass is 445 g/mol. The zero-order valence-electron chi connectivity index (χ0n) is 17.6. The molecule has 3 aromatic rings. The van der Waals surface area contributed by atoms with Gasteiger partial charge in [0.05, 0.1) is 23.0 Å². The molecule has 0 aliphatic rings. The molecule has 3 rings (SSSR count). The van der Waals surface area contributed by atoms with Crippen LogP contribution in [0.4, 0.5) is 41.1 Å². The van der Waals surface area contributed by atoms with Crippen molar-refractivity contribution in [2.45, 2.75) is 32.4 Å². The van der Waals surface area contributed by atoms with Crippen LogP contribution in [-0.2, 0) is 0 Å². The number of aromatic nitrogens is 2. The van der Waals surface area contributed by atoms with E-state index in [9.17, 15) is 23.1 Å². The van der Waals surface area contributed by atoms with Gasteiger partial charge in [0, 0.05) is 24.4 Å². The molecule has 0 fully saturated rings. The van der Waals surface area contributed by atoms with Gasteiger partial charge in [0.1, 0.15) is 11.6 Å².